The number of benzene rings is 2. The largest absolute Gasteiger partial charge is 0.497 e. The van der Waals surface area contributed by atoms with Gasteiger partial charge in [-0.15, -0.1) is 0 Å². The van der Waals surface area contributed by atoms with E-state index < -0.39 is 11.3 Å². The van der Waals surface area contributed by atoms with Crippen LogP contribution in [0, 0.1) is 5.41 Å². The minimum atomic E-state index is -0.474. The van der Waals surface area contributed by atoms with Crippen molar-refractivity contribution >= 4 is 35.5 Å². The summed E-state index contributed by atoms with van der Waals surface area (Å²) in [4.78, 5) is 31.5. The highest BCUT2D eigenvalue weighted by atomic mass is 32.1. The zero-order valence-corrected chi connectivity index (χ0v) is 27.3. The molecule has 3 aromatic rings. The average molecular weight is 616 g/mol. The molecule has 2 unspecified atom stereocenters. The number of carbonyl (C=O) groups is 2. The Morgan fingerprint density at radius 2 is 1.75 bits per heavy atom. The number of primary amides is 1. The summed E-state index contributed by atoms with van der Waals surface area (Å²) in [5.74, 6) is 1.38. The van der Waals surface area contributed by atoms with Crippen LogP contribution in [0.25, 0.3) is 22.2 Å². The lowest BCUT2D eigenvalue weighted by atomic mass is 9.81. The van der Waals surface area contributed by atoms with E-state index in [1.807, 2.05) is 26.2 Å². The maximum atomic E-state index is 14.6. The zero-order valence-electron chi connectivity index (χ0n) is 26.4. The summed E-state index contributed by atoms with van der Waals surface area (Å²) < 4.78 is 9.81. The lowest BCUT2D eigenvalue weighted by molar-refractivity contribution is -0.159. The Bertz CT molecular complexity index is 1610. The number of ether oxygens (including phenoxy) is 1. The summed E-state index contributed by atoms with van der Waals surface area (Å²) >= 11 is 3.80. The predicted octanol–water partition coefficient (Wildman–Crippen LogP) is 5.26. The molecular formula is C35H45N5O3S. The normalized spacial score (nSPS) is 27.3. The average Bonchev–Trinajstić information content (AvgIpc) is 3.67. The molecule has 44 heavy (non-hydrogen) atoms. The van der Waals surface area contributed by atoms with Gasteiger partial charge in [-0.05, 0) is 94.2 Å². The molecule has 5 aliphatic rings. The van der Waals surface area contributed by atoms with Crippen LogP contribution < -0.4 is 10.5 Å². The zero-order chi connectivity index (χ0) is 30.9. The number of thiol groups is 1. The molecule has 1 aromatic heterocycles. The minimum Gasteiger partial charge on any atom is -0.497 e. The van der Waals surface area contributed by atoms with E-state index in [-0.39, 0.29) is 5.92 Å². The smallest absolute Gasteiger partial charge is 0.248 e. The molecule has 8 rings (SSSR count). The Hall–Kier alpha value is -3.01. The molecule has 4 atom stereocenters. The highest BCUT2D eigenvalue weighted by Gasteiger charge is 2.66. The topological polar surface area (TPSA) is 84.0 Å². The first-order valence-corrected chi connectivity index (χ1v) is 16.5. The first-order valence-electron chi connectivity index (χ1n) is 16.1. The van der Waals surface area contributed by atoms with Gasteiger partial charge in [-0.3, -0.25) is 13.9 Å². The van der Waals surface area contributed by atoms with Gasteiger partial charge < -0.3 is 24.8 Å². The standard InChI is InChI=1S/C33H38N4O3.C2H7NS/c1-35-16-21-13-22(17-35)37(21)32(39)33-15-27(33)26-14-23(40-2)9-11-24(26)30-29(19-6-4-3-5-7-19)25-10-8-20(31(34)38)12-28(25)36(30)18-33;1-3(2)4/h8-12,14,19,21-22,27H,3-7,13,15-18H2,1-2H3,(H2,34,38);4H,1-2H3/t21-,22+,27?,33?;. The fraction of sp³-hybridized carbons (Fsp3) is 0.543. The quantitative estimate of drug-likeness (QED) is 0.392. The van der Waals surface area contributed by atoms with Crippen molar-refractivity contribution in [3.05, 3.63) is 53.1 Å². The number of nitrogens with two attached hydrogens (primary N) is 1. The van der Waals surface area contributed by atoms with Crippen molar-refractivity contribution in [2.24, 2.45) is 11.1 Å². The summed E-state index contributed by atoms with van der Waals surface area (Å²) in [7, 11) is 7.61. The number of nitrogens with zero attached hydrogens (tertiary/aromatic N) is 4. The fourth-order valence-electron chi connectivity index (χ4n) is 8.84. The van der Waals surface area contributed by atoms with Crippen LogP contribution in [-0.4, -0.2) is 83.9 Å². The molecule has 2 saturated heterocycles. The van der Waals surface area contributed by atoms with Crippen molar-refractivity contribution in [3.63, 3.8) is 0 Å². The van der Waals surface area contributed by atoms with Crippen molar-refractivity contribution in [1.29, 1.82) is 0 Å². The molecule has 234 valence electrons. The van der Waals surface area contributed by atoms with Crippen LogP contribution in [-0.2, 0) is 11.3 Å². The van der Waals surface area contributed by atoms with Crippen LogP contribution in [0.15, 0.2) is 36.4 Å². The number of piperazine rings is 1. The van der Waals surface area contributed by atoms with Crippen molar-refractivity contribution in [2.45, 2.75) is 75.4 Å². The van der Waals surface area contributed by atoms with Gasteiger partial charge in [0.2, 0.25) is 11.8 Å². The Kier molecular flexibility index (Phi) is 7.49. The summed E-state index contributed by atoms with van der Waals surface area (Å²) in [6, 6.07) is 13.1. The molecule has 4 heterocycles. The number of likely N-dealkylation sites (N-methyl/N-ethyl adjacent to an activating group) is 1. The highest BCUT2D eigenvalue weighted by Crippen LogP contribution is 2.67. The van der Waals surface area contributed by atoms with Crippen LogP contribution in [0.4, 0.5) is 0 Å². The van der Waals surface area contributed by atoms with E-state index in [0.717, 1.165) is 37.2 Å². The Morgan fingerprint density at radius 1 is 1.05 bits per heavy atom. The van der Waals surface area contributed by atoms with Crippen LogP contribution in [0.1, 0.15) is 78.3 Å². The molecule has 0 radical (unpaired) electrons. The number of carbonyl (C=O) groups excluding carboxylic acids is 2. The maximum absolute atomic E-state index is 14.6. The van der Waals surface area contributed by atoms with Crippen molar-refractivity contribution in [3.8, 4) is 17.0 Å². The Morgan fingerprint density at radius 3 is 2.41 bits per heavy atom. The summed E-state index contributed by atoms with van der Waals surface area (Å²) in [6.07, 6.45) is 8.08. The Balaban J connectivity index is 0.000000739. The third kappa shape index (κ3) is 4.74. The monoisotopic (exact) mass is 615 g/mol. The van der Waals surface area contributed by atoms with E-state index in [9.17, 15) is 9.59 Å². The summed E-state index contributed by atoms with van der Waals surface area (Å²) in [6.45, 7) is 2.55. The molecule has 0 spiro atoms. The molecule has 4 fully saturated rings. The number of hydrogen-bond donors (Lipinski definition) is 2. The minimum absolute atomic E-state index is 0.164. The molecule has 2 bridgehead atoms. The molecule has 2 aliphatic carbocycles. The number of likely N-dealkylation sites (tertiary alicyclic amines) is 2. The number of methoxy groups -OCH3 is 1. The number of amides is 2. The molecule has 2 aromatic carbocycles. The third-order valence-corrected chi connectivity index (χ3v) is 10.8. The van der Waals surface area contributed by atoms with E-state index in [0.29, 0.717) is 36.0 Å². The molecule has 2 N–H and O–H groups in total. The van der Waals surface area contributed by atoms with Gasteiger partial charge in [-0.25, -0.2) is 0 Å². The number of fused-ring (bicyclic) bond motifs is 9. The second kappa shape index (κ2) is 11.1. The van der Waals surface area contributed by atoms with Crippen molar-refractivity contribution in [2.75, 3.05) is 41.3 Å². The van der Waals surface area contributed by atoms with Gasteiger partial charge in [0.25, 0.3) is 0 Å². The van der Waals surface area contributed by atoms with E-state index in [1.165, 1.54) is 59.9 Å². The SMILES string of the molecule is CN(C)S.COc1ccc2c(c1)C1CC1(C(=O)N1[C@@H]3C[C@H]1CN(C)C3)Cn1c-2c(C2CCCCC2)c2ccc(C(N)=O)cc21. The van der Waals surface area contributed by atoms with Crippen LogP contribution in [0.5, 0.6) is 5.75 Å². The molecule has 9 heteroatoms. The molecule has 8 nitrogen and oxygen atoms in total. The molecule has 2 saturated carbocycles. The molecular weight excluding hydrogens is 570 g/mol. The highest BCUT2D eigenvalue weighted by molar-refractivity contribution is 7.77. The molecule has 3 aliphatic heterocycles. The van der Waals surface area contributed by atoms with Gasteiger partial charge in [0.1, 0.15) is 5.75 Å². The summed E-state index contributed by atoms with van der Waals surface area (Å²) in [5.41, 5.74) is 12.0. The van der Waals surface area contributed by atoms with Gasteiger partial charge in [0, 0.05) is 59.7 Å². The van der Waals surface area contributed by atoms with Gasteiger partial charge in [0.15, 0.2) is 0 Å². The first-order chi connectivity index (χ1) is 21.1. The van der Waals surface area contributed by atoms with Gasteiger partial charge in [0.05, 0.1) is 18.2 Å². The number of aromatic nitrogens is 1. The second-order valence-corrected chi connectivity index (χ2v) is 14.8. The van der Waals surface area contributed by atoms with Crippen LogP contribution >= 0.6 is 12.8 Å². The Labute approximate surface area is 266 Å². The number of piperidine rings is 1. The van der Waals surface area contributed by atoms with Gasteiger partial charge in [-0.2, -0.15) is 0 Å². The predicted molar refractivity (Wildman–Crippen MR) is 177 cm³/mol. The van der Waals surface area contributed by atoms with Gasteiger partial charge in [-0.1, -0.05) is 38.1 Å². The van der Waals surface area contributed by atoms with E-state index in [4.69, 9.17) is 10.5 Å². The second-order valence-electron chi connectivity index (χ2n) is 14.0. The lowest BCUT2D eigenvalue weighted by Crippen LogP contribution is -2.70. The van der Waals surface area contributed by atoms with Gasteiger partial charge >= 0.3 is 0 Å². The van der Waals surface area contributed by atoms with E-state index in [2.05, 4.69) is 58.5 Å². The maximum Gasteiger partial charge on any atom is 0.248 e. The first kappa shape index (κ1) is 29.7. The van der Waals surface area contributed by atoms with E-state index in [1.54, 1.807) is 11.4 Å². The number of hydrogen-bond acceptors (Lipinski definition) is 6. The fourth-order valence-corrected chi connectivity index (χ4v) is 8.84. The molecule has 2 amide bonds. The summed E-state index contributed by atoms with van der Waals surface area (Å²) in [5, 5.41) is 1.21. The number of rotatable bonds is 4. The lowest BCUT2D eigenvalue weighted by Gasteiger charge is -2.56. The van der Waals surface area contributed by atoms with Crippen molar-refractivity contribution in [1.82, 2.24) is 18.7 Å². The van der Waals surface area contributed by atoms with E-state index >= 15 is 0 Å². The van der Waals surface area contributed by atoms with Crippen molar-refractivity contribution < 1.29 is 14.3 Å². The third-order valence-electron chi connectivity index (χ3n) is 10.8. The van der Waals surface area contributed by atoms with Crippen LogP contribution in [0.2, 0.25) is 0 Å². The van der Waals surface area contributed by atoms with Crippen LogP contribution in [0.3, 0.4) is 0 Å².